The maximum absolute atomic E-state index is 10.9. The molecule has 176 valence electrons. The zero-order valence-electron chi connectivity index (χ0n) is 21.9. The van der Waals surface area contributed by atoms with Crippen LogP contribution in [-0.2, 0) is 0 Å². The summed E-state index contributed by atoms with van der Waals surface area (Å²) in [6, 6.07) is 0. The molecule has 0 aliphatic heterocycles. The van der Waals surface area contributed by atoms with Crippen molar-refractivity contribution >= 4 is 0 Å². The molecule has 31 heavy (non-hydrogen) atoms. The van der Waals surface area contributed by atoms with Gasteiger partial charge >= 0.3 is 0 Å². The molecule has 0 aromatic carbocycles. The van der Waals surface area contributed by atoms with Gasteiger partial charge in [0.05, 0.1) is 6.10 Å². The molecule has 0 saturated heterocycles. The second-order valence-electron chi connectivity index (χ2n) is 14.8. The highest BCUT2D eigenvalue weighted by Crippen LogP contribution is 2.76. The van der Waals surface area contributed by atoms with Crippen molar-refractivity contribution in [3.63, 3.8) is 0 Å². The van der Waals surface area contributed by atoms with E-state index in [2.05, 4.69) is 61.5 Å². The van der Waals surface area contributed by atoms with Gasteiger partial charge in [0.1, 0.15) is 0 Å². The van der Waals surface area contributed by atoms with E-state index in [0.717, 1.165) is 30.1 Å². The lowest BCUT2D eigenvalue weighted by Crippen LogP contribution is -2.62. The Morgan fingerprint density at radius 2 is 1.55 bits per heavy atom. The monoisotopic (exact) mass is 426 g/mol. The quantitative estimate of drug-likeness (QED) is 0.421. The van der Waals surface area contributed by atoms with E-state index in [-0.39, 0.29) is 11.5 Å². The lowest BCUT2D eigenvalue weighted by atomic mass is 9.35. The van der Waals surface area contributed by atoms with Crippen LogP contribution in [0.5, 0.6) is 0 Å². The fraction of sp³-hybridized carbons (Fsp3) is 0.933. The molecular formula is C30H50O. The van der Waals surface area contributed by atoms with Crippen LogP contribution in [0.3, 0.4) is 0 Å². The van der Waals surface area contributed by atoms with Gasteiger partial charge in [0.25, 0.3) is 0 Å². The van der Waals surface area contributed by atoms with Gasteiger partial charge in [-0.05, 0) is 114 Å². The Hall–Kier alpha value is -0.300. The molecule has 9 atom stereocenters. The van der Waals surface area contributed by atoms with Crippen LogP contribution in [0.25, 0.3) is 0 Å². The first-order valence-corrected chi connectivity index (χ1v) is 13.7. The summed E-state index contributed by atoms with van der Waals surface area (Å²) in [5.74, 6) is 3.98. The molecule has 0 amide bonds. The minimum absolute atomic E-state index is 0.0415. The van der Waals surface area contributed by atoms with E-state index in [0.29, 0.717) is 27.6 Å². The van der Waals surface area contributed by atoms with Crippen molar-refractivity contribution < 1.29 is 5.11 Å². The highest BCUT2D eigenvalue weighted by molar-refractivity contribution is 5.33. The van der Waals surface area contributed by atoms with Crippen molar-refractivity contribution in [2.75, 3.05) is 0 Å². The number of rotatable bonds is 1. The largest absolute Gasteiger partial charge is 0.393 e. The van der Waals surface area contributed by atoms with Crippen LogP contribution >= 0.6 is 0 Å². The standard InChI is InChI=1S/C30H50O/c1-19(2)20-11-14-27(5)17-18-29(7)22-9-10-23-26(3,4)24(31)13-15-28(23,6)21(22)12-16-30(29,8)25(20)27/h12,19-20,22-25,31H,9-11,13-18H2,1-8H3/t20-,22-,23-,24+,25-,27-,28-,29-,30+/m1/s1. The minimum Gasteiger partial charge on any atom is -0.393 e. The molecule has 0 aromatic heterocycles. The minimum atomic E-state index is -0.132. The maximum atomic E-state index is 10.9. The molecule has 5 aliphatic carbocycles. The average molecular weight is 427 g/mol. The van der Waals surface area contributed by atoms with Gasteiger partial charge in [0.15, 0.2) is 0 Å². The van der Waals surface area contributed by atoms with Crippen LogP contribution in [0.15, 0.2) is 11.6 Å². The molecule has 4 saturated carbocycles. The van der Waals surface area contributed by atoms with E-state index in [4.69, 9.17) is 0 Å². The summed E-state index contributed by atoms with van der Waals surface area (Å²) in [4.78, 5) is 0. The Balaban J connectivity index is 1.59. The van der Waals surface area contributed by atoms with Gasteiger partial charge in [-0.15, -0.1) is 0 Å². The van der Waals surface area contributed by atoms with Crippen molar-refractivity contribution in [2.24, 2.45) is 56.7 Å². The Kier molecular flexibility index (Phi) is 4.82. The van der Waals surface area contributed by atoms with Gasteiger partial charge in [-0.1, -0.05) is 67.0 Å². The predicted octanol–water partition coefficient (Wildman–Crippen LogP) is 8.02. The third-order valence-corrected chi connectivity index (χ3v) is 13.0. The van der Waals surface area contributed by atoms with E-state index < -0.39 is 0 Å². The van der Waals surface area contributed by atoms with Crippen molar-refractivity contribution in [2.45, 2.75) is 119 Å². The lowest BCUT2D eigenvalue weighted by molar-refractivity contribution is -0.168. The normalized spacial score (nSPS) is 55.7. The molecule has 5 aliphatic rings. The Morgan fingerprint density at radius 3 is 2.23 bits per heavy atom. The second-order valence-corrected chi connectivity index (χ2v) is 14.8. The highest BCUT2D eigenvalue weighted by Gasteiger charge is 2.68. The van der Waals surface area contributed by atoms with Crippen LogP contribution < -0.4 is 0 Å². The average Bonchev–Trinajstić information content (AvgIpc) is 3.06. The topological polar surface area (TPSA) is 20.2 Å². The van der Waals surface area contributed by atoms with E-state index in [1.54, 1.807) is 0 Å². The molecular weight excluding hydrogens is 376 g/mol. The molecule has 0 bridgehead atoms. The molecule has 5 rings (SSSR count). The van der Waals surface area contributed by atoms with Gasteiger partial charge in [-0.3, -0.25) is 0 Å². The third-order valence-electron chi connectivity index (χ3n) is 13.0. The second kappa shape index (κ2) is 6.64. The Labute approximate surface area is 192 Å². The molecule has 1 heteroatoms. The summed E-state index contributed by atoms with van der Waals surface area (Å²) in [6.07, 6.45) is 14.6. The van der Waals surface area contributed by atoms with Crippen LogP contribution in [0.2, 0.25) is 0 Å². The fourth-order valence-electron chi connectivity index (χ4n) is 11.0. The van der Waals surface area contributed by atoms with Gasteiger partial charge in [0.2, 0.25) is 0 Å². The lowest BCUT2D eigenvalue weighted by Gasteiger charge is -2.69. The molecule has 1 N–H and O–H groups in total. The zero-order chi connectivity index (χ0) is 22.6. The summed E-state index contributed by atoms with van der Waals surface area (Å²) in [7, 11) is 0. The Morgan fingerprint density at radius 1 is 0.839 bits per heavy atom. The van der Waals surface area contributed by atoms with Crippen molar-refractivity contribution in [3.05, 3.63) is 11.6 Å². The van der Waals surface area contributed by atoms with Gasteiger partial charge < -0.3 is 5.11 Å². The van der Waals surface area contributed by atoms with Crippen molar-refractivity contribution in [1.29, 1.82) is 0 Å². The number of hydrogen-bond acceptors (Lipinski definition) is 1. The number of hydrogen-bond donors (Lipinski definition) is 1. The predicted molar refractivity (Wildman–Crippen MR) is 131 cm³/mol. The van der Waals surface area contributed by atoms with Gasteiger partial charge in [0, 0.05) is 0 Å². The van der Waals surface area contributed by atoms with Crippen LogP contribution in [0.1, 0.15) is 113 Å². The number of fused-ring (bicyclic) bond motifs is 7. The van der Waals surface area contributed by atoms with Crippen LogP contribution in [-0.4, -0.2) is 11.2 Å². The van der Waals surface area contributed by atoms with Crippen molar-refractivity contribution in [3.8, 4) is 0 Å². The zero-order valence-corrected chi connectivity index (χ0v) is 21.9. The molecule has 0 heterocycles. The van der Waals surface area contributed by atoms with E-state index in [9.17, 15) is 5.11 Å². The fourth-order valence-corrected chi connectivity index (χ4v) is 11.0. The van der Waals surface area contributed by atoms with E-state index in [1.165, 1.54) is 51.4 Å². The first kappa shape index (κ1) is 22.5. The summed E-state index contributed by atoms with van der Waals surface area (Å²) >= 11 is 0. The first-order valence-electron chi connectivity index (χ1n) is 13.7. The molecule has 0 aromatic rings. The molecule has 0 unspecified atom stereocenters. The third kappa shape index (κ3) is 2.65. The summed E-state index contributed by atoms with van der Waals surface area (Å²) in [5, 5.41) is 10.9. The van der Waals surface area contributed by atoms with Gasteiger partial charge in [-0.2, -0.15) is 0 Å². The molecule has 0 radical (unpaired) electrons. The number of allylic oxidation sites excluding steroid dienone is 2. The maximum Gasteiger partial charge on any atom is 0.0594 e. The SMILES string of the molecule is CC(C)[C@H]1CC[C@]2(C)CC[C@]3(C)[C@@H]4CC[C@@H]5C(C)(C)[C@@H](O)CC[C@]5(C)C4=CC[C@@]3(C)[C@H]12. The van der Waals surface area contributed by atoms with Gasteiger partial charge in [-0.25, -0.2) is 0 Å². The summed E-state index contributed by atoms with van der Waals surface area (Å²) in [6.45, 7) is 20.4. The van der Waals surface area contributed by atoms with Crippen LogP contribution in [0, 0.1) is 56.7 Å². The summed E-state index contributed by atoms with van der Waals surface area (Å²) < 4.78 is 0. The first-order chi connectivity index (χ1) is 14.3. The summed E-state index contributed by atoms with van der Waals surface area (Å²) in [5.41, 5.74) is 3.60. The van der Waals surface area contributed by atoms with Crippen molar-refractivity contribution in [1.82, 2.24) is 0 Å². The smallest absolute Gasteiger partial charge is 0.0594 e. The Bertz CT molecular complexity index is 777. The molecule has 0 spiro atoms. The van der Waals surface area contributed by atoms with E-state index in [1.807, 2.05) is 5.57 Å². The molecule has 1 nitrogen and oxygen atoms in total. The van der Waals surface area contributed by atoms with Crippen LogP contribution in [0.4, 0.5) is 0 Å². The highest BCUT2D eigenvalue weighted by atomic mass is 16.3. The van der Waals surface area contributed by atoms with E-state index >= 15 is 0 Å². The number of aliphatic hydroxyl groups is 1. The molecule has 4 fully saturated rings. The number of aliphatic hydroxyl groups excluding tert-OH is 1.